The number of fused-ring (bicyclic) bond motifs is 1. The minimum atomic E-state index is -0.478. The van der Waals surface area contributed by atoms with Crippen molar-refractivity contribution in [1.29, 1.82) is 0 Å². The fourth-order valence-electron chi connectivity index (χ4n) is 2.61. The lowest BCUT2D eigenvalue weighted by Crippen LogP contribution is -2.47. The number of anilines is 1. The van der Waals surface area contributed by atoms with E-state index < -0.39 is 6.04 Å². The number of hydrogen-bond acceptors (Lipinski definition) is 4. The van der Waals surface area contributed by atoms with E-state index in [9.17, 15) is 4.79 Å². The zero-order valence-electron chi connectivity index (χ0n) is 12.8. The number of rotatable bonds is 4. The van der Waals surface area contributed by atoms with Crippen molar-refractivity contribution in [2.45, 2.75) is 45.8 Å². The first-order valence-corrected chi connectivity index (χ1v) is 7.22. The molecule has 0 aliphatic carbocycles. The third-order valence-electron chi connectivity index (χ3n) is 3.45. The minimum absolute atomic E-state index is 0.0333. The topological polar surface area (TPSA) is 55.6 Å². The fraction of sp³-hybridized carbons (Fsp3) is 0.562. The number of carbonyl (C=O) groups is 1. The molecular weight excluding hydrogens is 252 g/mol. The van der Waals surface area contributed by atoms with E-state index in [2.05, 4.69) is 25.7 Å². The molecule has 0 spiro atoms. The predicted molar refractivity (Wildman–Crippen MR) is 81.6 cm³/mol. The zero-order valence-corrected chi connectivity index (χ0v) is 12.8. The predicted octanol–water partition coefficient (Wildman–Crippen LogP) is 2.60. The van der Waals surface area contributed by atoms with Crippen LogP contribution in [0, 0.1) is 0 Å². The number of ketones is 1. The van der Waals surface area contributed by atoms with Gasteiger partial charge in [0.1, 0.15) is 11.4 Å². The quantitative estimate of drug-likeness (QED) is 0.859. The first-order chi connectivity index (χ1) is 9.34. The summed E-state index contributed by atoms with van der Waals surface area (Å²) in [6.07, 6.45) is 1.06. The van der Waals surface area contributed by atoms with E-state index in [-0.39, 0.29) is 11.4 Å². The van der Waals surface area contributed by atoms with E-state index >= 15 is 0 Å². The Labute approximate surface area is 120 Å². The molecule has 0 saturated carbocycles. The van der Waals surface area contributed by atoms with E-state index in [4.69, 9.17) is 10.5 Å². The van der Waals surface area contributed by atoms with Gasteiger partial charge < -0.3 is 15.4 Å². The molecular formula is C16H24N2O2. The van der Waals surface area contributed by atoms with Crippen molar-refractivity contribution in [1.82, 2.24) is 0 Å². The van der Waals surface area contributed by atoms with Gasteiger partial charge in [-0.3, -0.25) is 4.79 Å². The molecule has 2 N–H and O–H groups in total. The van der Waals surface area contributed by atoms with Gasteiger partial charge in [0.05, 0.1) is 18.3 Å². The fourth-order valence-corrected chi connectivity index (χ4v) is 2.61. The summed E-state index contributed by atoms with van der Waals surface area (Å²) in [5.41, 5.74) is 7.13. The van der Waals surface area contributed by atoms with E-state index in [1.54, 1.807) is 13.0 Å². The summed E-state index contributed by atoms with van der Waals surface area (Å²) in [5, 5.41) is 0. The van der Waals surface area contributed by atoms with E-state index in [0.29, 0.717) is 5.56 Å². The summed E-state index contributed by atoms with van der Waals surface area (Å²) in [6.45, 7) is 9.81. The molecule has 2 rings (SSSR count). The smallest absolute Gasteiger partial charge is 0.179 e. The summed E-state index contributed by atoms with van der Waals surface area (Å²) in [5.74, 6) is 0.810. The van der Waals surface area contributed by atoms with Gasteiger partial charge in [-0.15, -0.1) is 0 Å². The van der Waals surface area contributed by atoms with Crippen LogP contribution >= 0.6 is 0 Å². The van der Waals surface area contributed by atoms with Gasteiger partial charge in [-0.1, -0.05) is 6.92 Å². The maximum Gasteiger partial charge on any atom is 0.179 e. The van der Waals surface area contributed by atoms with Crippen molar-refractivity contribution in [2.75, 3.05) is 18.0 Å². The molecule has 1 aliphatic heterocycles. The molecule has 110 valence electrons. The van der Waals surface area contributed by atoms with Crippen LogP contribution in [0.4, 0.5) is 5.69 Å². The lowest BCUT2D eigenvalue weighted by molar-refractivity contribution is 0.0966. The van der Waals surface area contributed by atoms with Crippen molar-refractivity contribution >= 4 is 11.5 Å². The van der Waals surface area contributed by atoms with Crippen LogP contribution in [0.25, 0.3) is 0 Å². The maximum atomic E-state index is 12.0. The van der Waals surface area contributed by atoms with Crippen LogP contribution in [0.2, 0.25) is 0 Å². The van der Waals surface area contributed by atoms with Crippen LogP contribution in [-0.2, 0) is 0 Å². The molecule has 1 aromatic carbocycles. The largest absolute Gasteiger partial charge is 0.484 e. The van der Waals surface area contributed by atoms with Crippen LogP contribution < -0.4 is 15.4 Å². The van der Waals surface area contributed by atoms with Crippen LogP contribution in [0.5, 0.6) is 5.75 Å². The SMILES string of the molecule is CCCN1CC(C)(C)Oc2ccc(C(=O)C(C)N)cc21. The van der Waals surface area contributed by atoms with Gasteiger partial charge in [0.15, 0.2) is 5.78 Å². The number of hydrogen-bond donors (Lipinski definition) is 1. The van der Waals surface area contributed by atoms with Gasteiger partial charge in [-0.2, -0.15) is 0 Å². The molecule has 20 heavy (non-hydrogen) atoms. The molecule has 1 atom stereocenters. The Morgan fingerprint density at radius 3 is 2.80 bits per heavy atom. The molecule has 4 nitrogen and oxygen atoms in total. The number of nitrogens with zero attached hydrogens (tertiary/aromatic N) is 1. The summed E-state index contributed by atoms with van der Waals surface area (Å²) >= 11 is 0. The van der Waals surface area contributed by atoms with Crippen molar-refractivity contribution in [3.8, 4) is 5.75 Å². The lowest BCUT2D eigenvalue weighted by atomic mass is 10.0. The monoisotopic (exact) mass is 276 g/mol. The molecule has 0 fully saturated rings. The van der Waals surface area contributed by atoms with Crippen molar-refractivity contribution in [3.05, 3.63) is 23.8 Å². The van der Waals surface area contributed by atoms with E-state index in [0.717, 1.165) is 30.9 Å². The first kappa shape index (κ1) is 14.9. The van der Waals surface area contributed by atoms with Crippen molar-refractivity contribution < 1.29 is 9.53 Å². The third-order valence-corrected chi connectivity index (χ3v) is 3.45. The van der Waals surface area contributed by atoms with Crippen LogP contribution in [0.3, 0.4) is 0 Å². The van der Waals surface area contributed by atoms with Crippen LogP contribution in [0.1, 0.15) is 44.5 Å². The highest BCUT2D eigenvalue weighted by Crippen LogP contribution is 2.37. The Bertz CT molecular complexity index is 509. The Kier molecular flexibility index (Phi) is 4.04. The Balaban J connectivity index is 2.40. The first-order valence-electron chi connectivity index (χ1n) is 7.22. The third kappa shape index (κ3) is 2.96. The normalized spacial score (nSPS) is 18.1. The molecule has 1 unspecified atom stereocenters. The van der Waals surface area contributed by atoms with Crippen LogP contribution in [0.15, 0.2) is 18.2 Å². The second kappa shape index (κ2) is 5.44. The molecule has 0 radical (unpaired) electrons. The van der Waals surface area contributed by atoms with Crippen LogP contribution in [-0.4, -0.2) is 30.5 Å². The zero-order chi connectivity index (χ0) is 14.9. The Hall–Kier alpha value is -1.55. The highest BCUT2D eigenvalue weighted by molar-refractivity contribution is 6.00. The van der Waals surface area contributed by atoms with E-state index in [1.807, 2.05) is 12.1 Å². The highest BCUT2D eigenvalue weighted by Gasteiger charge is 2.31. The summed E-state index contributed by atoms with van der Waals surface area (Å²) < 4.78 is 6.01. The minimum Gasteiger partial charge on any atom is -0.484 e. The average Bonchev–Trinajstić information content (AvgIpc) is 2.36. The second-order valence-electron chi connectivity index (χ2n) is 6.12. The van der Waals surface area contributed by atoms with Gasteiger partial charge in [-0.05, 0) is 45.4 Å². The Morgan fingerprint density at radius 2 is 2.20 bits per heavy atom. The highest BCUT2D eigenvalue weighted by atomic mass is 16.5. The molecule has 0 amide bonds. The van der Waals surface area contributed by atoms with Gasteiger partial charge in [0.25, 0.3) is 0 Å². The van der Waals surface area contributed by atoms with E-state index in [1.165, 1.54) is 0 Å². The standard InChI is InChI=1S/C16H24N2O2/c1-5-8-18-10-16(3,4)20-14-7-6-12(9-13(14)18)15(19)11(2)17/h6-7,9,11H,5,8,10,17H2,1-4H3. The molecule has 4 heteroatoms. The summed E-state index contributed by atoms with van der Waals surface area (Å²) in [7, 11) is 0. The summed E-state index contributed by atoms with van der Waals surface area (Å²) in [4.78, 5) is 14.3. The molecule has 0 aromatic heterocycles. The molecule has 0 saturated heterocycles. The second-order valence-corrected chi connectivity index (χ2v) is 6.12. The Morgan fingerprint density at radius 1 is 1.50 bits per heavy atom. The molecule has 0 bridgehead atoms. The number of Topliss-reactive ketones (excluding diaryl/α,β-unsaturated/α-hetero) is 1. The molecule has 1 aliphatic rings. The van der Waals surface area contributed by atoms with Gasteiger partial charge in [0.2, 0.25) is 0 Å². The number of carbonyl (C=O) groups excluding carboxylic acids is 1. The lowest BCUT2D eigenvalue weighted by Gasteiger charge is -2.41. The van der Waals surface area contributed by atoms with Gasteiger partial charge >= 0.3 is 0 Å². The number of benzene rings is 1. The van der Waals surface area contributed by atoms with Crippen molar-refractivity contribution in [2.24, 2.45) is 5.73 Å². The summed E-state index contributed by atoms with van der Waals surface area (Å²) in [6, 6.07) is 5.12. The number of ether oxygens (including phenoxy) is 1. The molecule has 1 heterocycles. The van der Waals surface area contributed by atoms with Gasteiger partial charge in [-0.25, -0.2) is 0 Å². The molecule has 1 aromatic rings. The maximum absolute atomic E-state index is 12.0. The average molecular weight is 276 g/mol. The van der Waals surface area contributed by atoms with Gasteiger partial charge in [0, 0.05) is 12.1 Å². The number of nitrogens with two attached hydrogens (primary N) is 1. The van der Waals surface area contributed by atoms with Crippen molar-refractivity contribution in [3.63, 3.8) is 0 Å².